The summed E-state index contributed by atoms with van der Waals surface area (Å²) >= 11 is 6.10. The molecule has 0 saturated carbocycles. The average Bonchev–Trinajstić information content (AvgIpc) is 2.56. The van der Waals surface area contributed by atoms with E-state index in [4.69, 9.17) is 11.6 Å². The molecule has 2 nitrogen and oxygen atoms in total. The zero-order chi connectivity index (χ0) is 16.2. The summed E-state index contributed by atoms with van der Waals surface area (Å²) in [5, 5.41) is 0.823. The molecule has 23 heavy (non-hydrogen) atoms. The first-order valence-electron chi connectivity index (χ1n) is 8.68. The molecule has 1 unspecified atom stereocenters. The first kappa shape index (κ1) is 16.6. The van der Waals surface area contributed by atoms with Crippen molar-refractivity contribution in [3.63, 3.8) is 0 Å². The number of piperazine rings is 1. The van der Waals surface area contributed by atoms with E-state index in [1.54, 1.807) is 5.57 Å². The molecule has 1 aliphatic carbocycles. The normalized spacial score (nSPS) is 22.8. The number of halogens is 1. The third kappa shape index (κ3) is 4.39. The molecular weight excluding hydrogens is 304 g/mol. The van der Waals surface area contributed by atoms with Crippen molar-refractivity contribution in [1.29, 1.82) is 0 Å². The van der Waals surface area contributed by atoms with Crippen LogP contribution in [0, 0.1) is 5.92 Å². The van der Waals surface area contributed by atoms with Crippen LogP contribution < -0.4 is 4.90 Å². The summed E-state index contributed by atoms with van der Waals surface area (Å²) in [6, 6.07) is 8.20. The summed E-state index contributed by atoms with van der Waals surface area (Å²) < 4.78 is 0. The quantitative estimate of drug-likeness (QED) is 0.734. The minimum atomic E-state index is 0.707. The molecule has 124 valence electrons. The number of hydrogen-bond acceptors (Lipinski definition) is 2. The Morgan fingerprint density at radius 2 is 2.04 bits per heavy atom. The van der Waals surface area contributed by atoms with E-state index in [-0.39, 0.29) is 0 Å². The van der Waals surface area contributed by atoms with E-state index in [0.717, 1.165) is 37.7 Å². The molecule has 1 saturated heterocycles. The van der Waals surface area contributed by atoms with Gasteiger partial charge in [0.05, 0.1) is 0 Å². The number of rotatable bonds is 4. The van der Waals surface area contributed by atoms with Crippen LogP contribution in [0.3, 0.4) is 0 Å². The molecule has 0 amide bonds. The Kier molecular flexibility index (Phi) is 5.45. The zero-order valence-corrected chi connectivity index (χ0v) is 14.9. The van der Waals surface area contributed by atoms with Gasteiger partial charge >= 0.3 is 0 Å². The van der Waals surface area contributed by atoms with Gasteiger partial charge in [-0.25, -0.2) is 0 Å². The molecule has 0 aromatic heterocycles. The maximum absolute atomic E-state index is 6.10. The highest BCUT2D eigenvalue weighted by Crippen LogP contribution is 2.29. The maximum atomic E-state index is 6.10. The molecule has 1 aromatic rings. The molecule has 3 heteroatoms. The van der Waals surface area contributed by atoms with Crippen molar-refractivity contribution >= 4 is 17.3 Å². The lowest BCUT2D eigenvalue weighted by Gasteiger charge is -2.37. The van der Waals surface area contributed by atoms with E-state index in [1.807, 2.05) is 12.1 Å². The smallest absolute Gasteiger partial charge is 0.0426 e. The molecule has 3 rings (SSSR count). The van der Waals surface area contributed by atoms with Crippen molar-refractivity contribution in [2.45, 2.75) is 26.2 Å². The maximum Gasteiger partial charge on any atom is 0.0426 e. The van der Waals surface area contributed by atoms with Crippen LogP contribution in [0.5, 0.6) is 0 Å². The van der Waals surface area contributed by atoms with Crippen LogP contribution in [0.25, 0.3) is 0 Å². The molecule has 1 aliphatic heterocycles. The van der Waals surface area contributed by atoms with E-state index < -0.39 is 0 Å². The Morgan fingerprint density at radius 3 is 2.65 bits per heavy atom. The second-order valence-corrected chi connectivity index (χ2v) is 7.36. The van der Waals surface area contributed by atoms with Crippen LogP contribution in [0.2, 0.25) is 5.02 Å². The van der Waals surface area contributed by atoms with Gasteiger partial charge in [-0.05, 0) is 50.3 Å². The van der Waals surface area contributed by atoms with Crippen LogP contribution in [0.1, 0.15) is 26.2 Å². The van der Waals surface area contributed by atoms with Gasteiger partial charge in [0.15, 0.2) is 0 Å². The van der Waals surface area contributed by atoms with Gasteiger partial charge < -0.3 is 4.90 Å². The van der Waals surface area contributed by atoms with Crippen LogP contribution >= 0.6 is 11.6 Å². The Morgan fingerprint density at radius 1 is 1.26 bits per heavy atom. The van der Waals surface area contributed by atoms with Crippen molar-refractivity contribution in [2.75, 3.05) is 37.6 Å². The number of nitrogens with zero attached hydrogens (tertiary/aromatic N) is 2. The lowest BCUT2D eigenvalue weighted by molar-refractivity contribution is 0.273. The Hall–Kier alpha value is -1.25. The molecule has 1 heterocycles. The van der Waals surface area contributed by atoms with E-state index in [9.17, 15) is 0 Å². The first-order chi connectivity index (χ1) is 11.1. The summed E-state index contributed by atoms with van der Waals surface area (Å²) in [5.41, 5.74) is 4.22. The number of hydrogen-bond donors (Lipinski definition) is 0. The van der Waals surface area contributed by atoms with E-state index in [1.165, 1.54) is 30.5 Å². The van der Waals surface area contributed by atoms with Gasteiger partial charge in [-0.2, -0.15) is 0 Å². The van der Waals surface area contributed by atoms with Crippen LogP contribution in [-0.4, -0.2) is 37.6 Å². The molecule has 0 spiro atoms. The monoisotopic (exact) mass is 330 g/mol. The fourth-order valence-corrected chi connectivity index (χ4v) is 3.79. The van der Waals surface area contributed by atoms with Gasteiger partial charge in [0.2, 0.25) is 0 Å². The molecule has 1 atom stereocenters. The Bertz CT molecular complexity index is 585. The van der Waals surface area contributed by atoms with Crippen LogP contribution in [0.15, 0.2) is 48.1 Å². The highest BCUT2D eigenvalue weighted by atomic mass is 35.5. The van der Waals surface area contributed by atoms with Gasteiger partial charge in [-0.1, -0.05) is 41.5 Å². The van der Waals surface area contributed by atoms with Crippen molar-refractivity contribution in [2.24, 2.45) is 5.92 Å². The Balaban J connectivity index is 1.49. The SMILES string of the molecule is C=C(C)C1CC=C(CN2CCN(c3cccc(Cl)c3)CC2)CC1. The second kappa shape index (κ2) is 7.55. The average molecular weight is 331 g/mol. The molecule has 1 aromatic carbocycles. The van der Waals surface area contributed by atoms with Crippen molar-refractivity contribution in [3.05, 3.63) is 53.1 Å². The largest absolute Gasteiger partial charge is 0.369 e. The van der Waals surface area contributed by atoms with Gasteiger partial charge in [0.1, 0.15) is 0 Å². The van der Waals surface area contributed by atoms with Crippen LogP contribution in [0.4, 0.5) is 5.69 Å². The zero-order valence-electron chi connectivity index (χ0n) is 14.1. The topological polar surface area (TPSA) is 6.48 Å². The highest BCUT2D eigenvalue weighted by molar-refractivity contribution is 6.30. The minimum Gasteiger partial charge on any atom is -0.369 e. The molecule has 0 bridgehead atoms. The second-order valence-electron chi connectivity index (χ2n) is 6.92. The van der Waals surface area contributed by atoms with Gasteiger partial charge in [-0.3, -0.25) is 4.90 Å². The highest BCUT2D eigenvalue weighted by Gasteiger charge is 2.20. The van der Waals surface area contributed by atoms with Gasteiger partial charge in [-0.15, -0.1) is 0 Å². The van der Waals surface area contributed by atoms with Crippen molar-refractivity contribution in [1.82, 2.24) is 4.90 Å². The number of anilines is 1. The molecule has 0 N–H and O–H groups in total. The third-order valence-electron chi connectivity index (χ3n) is 5.17. The van der Waals surface area contributed by atoms with Gasteiger partial charge in [0.25, 0.3) is 0 Å². The minimum absolute atomic E-state index is 0.707. The predicted octanol–water partition coefficient (Wildman–Crippen LogP) is 4.76. The Labute approximate surface area is 145 Å². The third-order valence-corrected chi connectivity index (χ3v) is 5.41. The van der Waals surface area contributed by atoms with Gasteiger partial charge in [0, 0.05) is 43.4 Å². The number of benzene rings is 1. The molecular formula is C20H27ClN2. The summed E-state index contributed by atoms with van der Waals surface area (Å²) in [4.78, 5) is 5.03. The molecule has 2 aliphatic rings. The summed E-state index contributed by atoms with van der Waals surface area (Å²) in [6.07, 6.45) is 6.18. The summed E-state index contributed by atoms with van der Waals surface area (Å²) in [7, 11) is 0. The fraction of sp³-hybridized carbons (Fsp3) is 0.500. The van der Waals surface area contributed by atoms with E-state index >= 15 is 0 Å². The lowest BCUT2D eigenvalue weighted by atomic mass is 9.85. The molecule has 1 fully saturated rings. The van der Waals surface area contributed by atoms with Crippen molar-refractivity contribution in [3.8, 4) is 0 Å². The number of allylic oxidation sites excluding steroid dienone is 2. The standard InChI is InChI=1S/C20H27ClN2/c1-16(2)18-8-6-17(7-9-18)15-22-10-12-23(13-11-22)20-5-3-4-19(21)14-20/h3-6,14,18H,1,7-13,15H2,2H3. The van der Waals surface area contributed by atoms with Crippen molar-refractivity contribution < 1.29 is 0 Å². The molecule has 0 radical (unpaired) electrons. The fourth-order valence-electron chi connectivity index (χ4n) is 3.60. The summed E-state index contributed by atoms with van der Waals surface area (Å²) in [6.45, 7) is 11.9. The lowest BCUT2D eigenvalue weighted by Crippen LogP contribution is -2.47. The summed E-state index contributed by atoms with van der Waals surface area (Å²) in [5.74, 6) is 0.707. The van der Waals surface area contributed by atoms with E-state index in [2.05, 4.69) is 41.5 Å². The van der Waals surface area contributed by atoms with E-state index in [0.29, 0.717) is 5.92 Å². The van der Waals surface area contributed by atoms with Crippen LogP contribution in [-0.2, 0) is 0 Å². The first-order valence-corrected chi connectivity index (χ1v) is 9.06. The predicted molar refractivity (Wildman–Crippen MR) is 100 cm³/mol.